The van der Waals surface area contributed by atoms with Crippen molar-refractivity contribution < 1.29 is 0 Å². The van der Waals surface area contributed by atoms with Gasteiger partial charge in [0.25, 0.3) is 0 Å². The second kappa shape index (κ2) is 14.9. The maximum Gasteiger partial charge on any atom is 0.0713 e. The Morgan fingerprint density at radius 1 is 0.267 bits per heavy atom. The Bertz CT molecular complexity index is 3080. The van der Waals surface area contributed by atoms with E-state index in [0.29, 0.717) is 0 Å². The molecule has 0 atom stereocenters. The van der Waals surface area contributed by atoms with Gasteiger partial charge in [-0.15, -0.1) is 0 Å². The van der Waals surface area contributed by atoms with E-state index in [9.17, 15) is 0 Å². The third-order valence-electron chi connectivity index (χ3n) is 12.3. The van der Waals surface area contributed by atoms with E-state index < -0.39 is 5.41 Å². The Hall–Kier alpha value is -7.74. The highest BCUT2D eigenvalue weighted by Gasteiger charge is 2.46. The first-order valence-electron chi connectivity index (χ1n) is 20.8. The van der Waals surface area contributed by atoms with E-state index in [2.05, 4.69) is 254 Å². The molecule has 11 rings (SSSR count). The first kappa shape index (κ1) is 35.4. The molecule has 10 aromatic rings. The fourth-order valence-corrected chi connectivity index (χ4v) is 9.61. The smallest absolute Gasteiger partial charge is 0.0713 e. The number of fused-ring (bicyclic) bond motifs is 4. The van der Waals surface area contributed by atoms with E-state index in [1.807, 2.05) is 0 Å². The second-order valence-electron chi connectivity index (χ2n) is 15.7. The molecule has 282 valence electrons. The number of nitrogens with zero attached hydrogens (tertiary/aromatic N) is 1. The van der Waals surface area contributed by atoms with E-state index in [1.165, 1.54) is 77.5 Å². The largest absolute Gasteiger partial charge is 0.310 e. The van der Waals surface area contributed by atoms with Gasteiger partial charge in [-0.1, -0.05) is 200 Å². The molecular weight excluding hydrogens is 723 g/mol. The molecule has 0 unspecified atom stereocenters. The van der Waals surface area contributed by atoms with Crippen molar-refractivity contribution in [2.45, 2.75) is 5.41 Å². The molecule has 0 saturated heterocycles. The van der Waals surface area contributed by atoms with Gasteiger partial charge in [-0.3, -0.25) is 0 Å². The summed E-state index contributed by atoms with van der Waals surface area (Å²) < 4.78 is 0. The molecule has 0 N–H and O–H groups in total. The van der Waals surface area contributed by atoms with Gasteiger partial charge in [0.05, 0.1) is 5.41 Å². The molecule has 60 heavy (non-hydrogen) atoms. The third-order valence-corrected chi connectivity index (χ3v) is 12.3. The van der Waals surface area contributed by atoms with Crippen molar-refractivity contribution in [3.05, 3.63) is 271 Å². The van der Waals surface area contributed by atoms with E-state index in [0.717, 1.165) is 17.1 Å². The predicted octanol–water partition coefficient (Wildman–Crippen LogP) is 15.7. The zero-order valence-electron chi connectivity index (χ0n) is 33.1. The molecule has 1 aliphatic rings. The van der Waals surface area contributed by atoms with Crippen molar-refractivity contribution in [3.63, 3.8) is 0 Å². The van der Waals surface area contributed by atoms with E-state index in [4.69, 9.17) is 0 Å². The van der Waals surface area contributed by atoms with Gasteiger partial charge in [-0.25, -0.2) is 0 Å². The van der Waals surface area contributed by atoms with Crippen molar-refractivity contribution in [2.24, 2.45) is 0 Å². The van der Waals surface area contributed by atoms with Gasteiger partial charge in [-0.2, -0.15) is 0 Å². The molecule has 0 saturated carbocycles. The summed E-state index contributed by atoms with van der Waals surface area (Å²) >= 11 is 0. The summed E-state index contributed by atoms with van der Waals surface area (Å²) in [4.78, 5) is 2.36. The van der Waals surface area contributed by atoms with Crippen LogP contribution in [0.25, 0.3) is 55.3 Å². The molecule has 0 aromatic heterocycles. The molecule has 1 heteroatoms. The molecule has 0 amide bonds. The average Bonchev–Trinajstić information content (AvgIpc) is 3.64. The van der Waals surface area contributed by atoms with E-state index in [1.54, 1.807) is 0 Å². The van der Waals surface area contributed by atoms with Crippen LogP contribution in [-0.4, -0.2) is 0 Å². The summed E-state index contributed by atoms with van der Waals surface area (Å²) in [5, 5.41) is 2.47. The maximum atomic E-state index is 2.36. The lowest BCUT2D eigenvalue weighted by molar-refractivity contribution is 0.768. The monoisotopic (exact) mass is 763 g/mol. The van der Waals surface area contributed by atoms with Crippen LogP contribution in [-0.2, 0) is 5.41 Å². The molecule has 1 nitrogen and oxygen atoms in total. The van der Waals surface area contributed by atoms with Crippen molar-refractivity contribution in [1.82, 2.24) is 0 Å². The van der Waals surface area contributed by atoms with Crippen LogP contribution in [0.1, 0.15) is 22.3 Å². The van der Waals surface area contributed by atoms with Crippen molar-refractivity contribution >= 4 is 27.8 Å². The summed E-state index contributed by atoms with van der Waals surface area (Å²) in [6.45, 7) is 0. The normalized spacial score (nSPS) is 12.5. The maximum absolute atomic E-state index is 2.36. The van der Waals surface area contributed by atoms with Crippen molar-refractivity contribution in [1.29, 1.82) is 0 Å². The Morgan fingerprint density at radius 2 is 0.717 bits per heavy atom. The molecule has 0 radical (unpaired) electrons. The topological polar surface area (TPSA) is 3.24 Å². The standard InChI is InChI=1S/C59H41N/c1-5-17-42(18-6-1)45-31-32-48-40-46(33-34-47(48)39-45)44-19-15-26-53(41-44)60(51-24-11-4-12-25-51)52-37-35-43(36-38-52)54-28-16-30-57-58(54)55-27-13-14-29-56(55)59(57,49-20-7-2-8-21-49)50-22-9-3-10-23-50/h1-41H. The van der Waals surface area contributed by atoms with Crippen LogP contribution in [0.5, 0.6) is 0 Å². The third kappa shape index (κ3) is 5.94. The van der Waals surface area contributed by atoms with Gasteiger partial charge >= 0.3 is 0 Å². The molecule has 0 fully saturated rings. The number of anilines is 3. The minimum Gasteiger partial charge on any atom is -0.310 e. The quantitative estimate of drug-likeness (QED) is 0.149. The van der Waals surface area contributed by atoms with Gasteiger partial charge in [0, 0.05) is 17.1 Å². The highest BCUT2D eigenvalue weighted by Crippen LogP contribution is 2.58. The Kier molecular flexibility index (Phi) is 8.79. The summed E-state index contributed by atoms with van der Waals surface area (Å²) in [5.41, 5.74) is 17.9. The number of hydrogen-bond donors (Lipinski definition) is 0. The number of rotatable bonds is 8. The minimum absolute atomic E-state index is 0.435. The van der Waals surface area contributed by atoms with Crippen LogP contribution in [0.2, 0.25) is 0 Å². The van der Waals surface area contributed by atoms with Gasteiger partial charge in [-0.05, 0) is 126 Å². The Labute approximate surface area is 352 Å². The minimum atomic E-state index is -0.435. The van der Waals surface area contributed by atoms with Crippen LogP contribution in [0, 0.1) is 0 Å². The Balaban J connectivity index is 0.992. The number of benzene rings is 10. The predicted molar refractivity (Wildman–Crippen MR) is 252 cm³/mol. The number of para-hydroxylation sites is 1. The Morgan fingerprint density at radius 3 is 1.38 bits per heavy atom. The SMILES string of the molecule is c1ccc(-c2ccc3cc(-c4cccc(N(c5ccccc5)c5ccc(-c6cccc7c6-c6ccccc6C7(c6ccccc6)c6ccccc6)cc5)c4)ccc3c2)cc1. The summed E-state index contributed by atoms with van der Waals surface area (Å²) in [6, 6.07) is 90.8. The lowest BCUT2D eigenvalue weighted by atomic mass is 9.67. The van der Waals surface area contributed by atoms with Crippen LogP contribution in [0.15, 0.2) is 249 Å². The molecule has 0 spiro atoms. The van der Waals surface area contributed by atoms with Gasteiger partial charge < -0.3 is 4.90 Å². The second-order valence-corrected chi connectivity index (χ2v) is 15.7. The summed E-state index contributed by atoms with van der Waals surface area (Å²) in [6.07, 6.45) is 0. The summed E-state index contributed by atoms with van der Waals surface area (Å²) in [7, 11) is 0. The van der Waals surface area contributed by atoms with Crippen LogP contribution in [0.3, 0.4) is 0 Å². The van der Waals surface area contributed by atoms with Crippen molar-refractivity contribution in [3.8, 4) is 44.5 Å². The molecule has 10 aromatic carbocycles. The fraction of sp³-hybridized carbons (Fsp3) is 0.0169. The summed E-state index contributed by atoms with van der Waals surface area (Å²) in [5.74, 6) is 0. The molecule has 0 bridgehead atoms. The molecular formula is C59H41N. The lowest BCUT2D eigenvalue weighted by Gasteiger charge is -2.34. The lowest BCUT2D eigenvalue weighted by Crippen LogP contribution is -2.28. The average molecular weight is 764 g/mol. The molecule has 0 heterocycles. The van der Waals surface area contributed by atoms with Crippen molar-refractivity contribution in [2.75, 3.05) is 4.90 Å². The highest BCUT2D eigenvalue weighted by atomic mass is 15.1. The van der Waals surface area contributed by atoms with E-state index in [-0.39, 0.29) is 0 Å². The van der Waals surface area contributed by atoms with Crippen LogP contribution in [0.4, 0.5) is 17.1 Å². The fourth-order valence-electron chi connectivity index (χ4n) is 9.61. The highest BCUT2D eigenvalue weighted by molar-refractivity contribution is 5.96. The zero-order chi connectivity index (χ0) is 39.9. The van der Waals surface area contributed by atoms with Gasteiger partial charge in [0.2, 0.25) is 0 Å². The van der Waals surface area contributed by atoms with Crippen LogP contribution >= 0.6 is 0 Å². The van der Waals surface area contributed by atoms with Gasteiger partial charge in [0.15, 0.2) is 0 Å². The first-order valence-corrected chi connectivity index (χ1v) is 20.8. The molecule has 1 aliphatic carbocycles. The zero-order valence-corrected chi connectivity index (χ0v) is 33.1. The van der Waals surface area contributed by atoms with Gasteiger partial charge in [0.1, 0.15) is 0 Å². The van der Waals surface area contributed by atoms with E-state index >= 15 is 0 Å². The molecule has 0 aliphatic heterocycles. The van der Waals surface area contributed by atoms with Crippen LogP contribution < -0.4 is 4.90 Å². The first-order chi connectivity index (χ1) is 29.8. The number of hydrogen-bond acceptors (Lipinski definition) is 1.